The van der Waals surface area contributed by atoms with Gasteiger partial charge < -0.3 is 4.90 Å². The summed E-state index contributed by atoms with van der Waals surface area (Å²) in [6.07, 6.45) is 3.56. The second-order valence-electron chi connectivity index (χ2n) is 10.9. The average molecular weight is 584 g/mol. The first-order chi connectivity index (χ1) is 18.1. The molecule has 2 aliphatic carbocycles. The molecule has 14 heteroatoms. The van der Waals surface area contributed by atoms with Crippen LogP contribution in [0.1, 0.15) is 69.5 Å². The van der Waals surface area contributed by atoms with E-state index in [2.05, 4.69) is 32.8 Å². The molecule has 3 aromatic heterocycles. The van der Waals surface area contributed by atoms with Gasteiger partial charge in [-0.15, -0.1) is 10.2 Å². The Hall–Kier alpha value is -1.87. The second kappa shape index (κ2) is 9.65. The lowest BCUT2D eigenvalue weighted by molar-refractivity contribution is 0.150. The Morgan fingerprint density at radius 3 is 2.45 bits per heavy atom. The third-order valence-electron chi connectivity index (χ3n) is 7.45. The molecule has 206 valence electrons. The predicted octanol–water partition coefficient (Wildman–Crippen LogP) is 4.68. The number of fused-ring (bicyclic) bond motifs is 1. The smallest absolute Gasteiger partial charge is 0.291 e. The van der Waals surface area contributed by atoms with Gasteiger partial charge in [-0.05, 0) is 64.5 Å². The van der Waals surface area contributed by atoms with E-state index in [1.807, 2.05) is 10.6 Å². The number of hydrogen-bond acceptors (Lipinski definition) is 9. The summed E-state index contributed by atoms with van der Waals surface area (Å²) in [4.78, 5) is 8.20. The second-order valence-corrected chi connectivity index (χ2v) is 15.2. The quantitative estimate of drug-likeness (QED) is 0.363. The molecule has 0 unspecified atom stereocenters. The maximum Gasteiger partial charge on any atom is 0.291 e. The molecule has 0 amide bonds. The van der Waals surface area contributed by atoms with E-state index < -0.39 is 21.7 Å². The van der Waals surface area contributed by atoms with Crippen molar-refractivity contribution in [2.45, 2.75) is 74.5 Å². The summed E-state index contributed by atoms with van der Waals surface area (Å²) >= 11 is 2.47. The number of nitrogens with zero attached hydrogens (tertiary/aromatic N) is 6. The van der Waals surface area contributed by atoms with Crippen LogP contribution in [-0.4, -0.2) is 69.3 Å². The van der Waals surface area contributed by atoms with Gasteiger partial charge in [0.05, 0.1) is 16.6 Å². The van der Waals surface area contributed by atoms with E-state index in [1.54, 1.807) is 30.1 Å². The zero-order valence-electron chi connectivity index (χ0n) is 21.5. The molecule has 1 aliphatic heterocycles. The number of piperazine rings is 1. The molecule has 9 nitrogen and oxygen atoms in total. The van der Waals surface area contributed by atoms with Gasteiger partial charge in [0.1, 0.15) is 5.69 Å². The van der Waals surface area contributed by atoms with Crippen LogP contribution < -0.4 is 9.62 Å². The lowest BCUT2D eigenvalue weighted by Crippen LogP contribution is -2.50. The molecule has 1 saturated heterocycles. The van der Waals surface area contributed by atoms with E-state index in [9.17, 15) is 17.2 Å². The van der Waals surface area contributed by atoms with Crippen molar-refractivity contribution in [3.05, 3.63) is 23.0 Å². The third-order valence-corrected chi connectivity index (χ3v) is 11.7. The average Bonchev–Trinajstić information content (AvgIpc) is 3.78. The van der Waals surface area contributed by atoms with Crippen LogP contribution in [0.25, 0.3) is 16.3 Å². The first-order valence-electron chi connectivity index (χ1n) is 12.9. The highest BCUT2D eigenvalue weighted by Crippen LogP contribution is 2.47. The molecule has 3 aliphatic rings. The van der Waals surface area contributed by atoms with Gasteiger partial charge in [-0.25, -0.2) is 22.2 Å². The topological polar surface area (TPSA) is 95.7 Å². The summed E-state index contributed by atoms with van der Waals surface area (Å²) in [6.45, 7) is 7.48. The summed E-state index contributed by atoms with van der Waals surface area (Å²) in [5.41, 5.74) is 3.35. The summed E-state index contributed by atoms with van der Waals surface area (Å²) in [7, 11) is -3.32. The van der Waals surface area contributed by atoms with Gasteiger partial charge in [0, 0.05) is 48.7 Å². The standard InChI is InChI=1S/C24H31F2N7O2S3/c1-14(2)38(34,35)32-10-8-31(9-11-32)17-12-16(37-30-24(3)6-7-24)13-33-19(18(15-4-5-15)27-21(17)33)22-28-29-23(36-22)20(25)26/h12-15,20,30H,4-11H2,1-3H3. The SMILES string of the molecule is CC(C)S(=O)(=O)N1CCN(c2cc(SNC3(C)CC3)cn3c(-c4nnc(C(F)F)s4)c(C4CC4)nc23)CC1. The number of sulfonamides is 1. The Bertz CT molecular complexity index is 1460. The fourth-order valence-electron chi connectivity index (χ4n) is 4.63. The molecule has 38 heavy (non-hydrogen) atoms. The van der Waals surface area contributed by atoms with Crippen LogP contribution >= 0.6 is 23.3 Å². The predicted molar refractivity (Wildman–Crippen MR) is 146 cm³/mol. The minimum absolute atomic E-state index is 0.110. The van der Waals surface area contributed by atoms with Gasteiger partial charge >= 0.3 is 0 Å². The molecule has 0 radical (unpaired) electrons. The molecular weight excluding hydrogens is 553 g/mol. The zero-order valence-corrected chi connectivity index (χ0v) is 24.0. The Labute approximate surface area is 229 Å². The number of imidazole rings is 1. The lowest BCUT2D eigenvalue weighted by Gasteiger charge is -2.36. The van der Waals surface area contributed by atoms with Gasteiger partial charge in [0.25, 0.3) is 6.43 Å². The van der Waals surface area contributed by atoms with E-state index in [4.69, 9.17) is 4.98 Å². The Balaban J connectivity index is 1.42. The zero-order chi connectivity index (χ0) is 26.8. The third kappa shape index (κ3) is 4.93. The van der Waals surface area contributed by atoms with E-state index in [0.717, 1.165) is 64.6 Å². The molecule has 4 heterocycles. The van der Waals surface area contributed by atoms with Crippen molar-refractivity contribution in [3.8, 4) is 10.7 Å². The number of anilines is 1. The van der Waals surface area contributed by atoms with Crippen molar-refractivity contribution in [2.24, 2.45) is 0 Å². The number of rotatable bonds is 9. The molecule has 0 spiro atoms. The van der Waals surface area contributed by atoms with Crippen molar-refractivity contribution < 1.29 is 17.2 Å². The molecule has 3 aromatic rings. The molecule has 1 N–H and O–H groups in total. The highest BCUT2D eigenvalue weighted by atomic mass is 32.2. The normalized spacial score (nSPS) is 20.2. The van der Waals surface area contributed by atoms with Crippen molar-refractivity contribution in [1.29, 1.82) is 0 Å². The van der Waals surface area contributed by atoms with E-state index in [0.29, 0.717) is 31.2 Å². The molecule has 0 aromatic carbocycles. The van der Waals surface area contributed by atoms with Crippen LogP contribution in [0.3, 0.4) is 0 Å². The molecule has 3 fully saturated rings. The number of alkyl halides is 2. The summed E-state index contributed by atoms with van der Waals surface area (Å²) in [5.74, 6) is 0.268. The number of aromatic nitrogens is 4. The summed E-state index contributed by atoms with van der Waals surface area (Å²) < 4.78 is 59.3. The van der Waals surface area contributed by atoms with Gasteiger partial charge in [0.15, 0.2) is 15.7 Å². The number of hydrogen-bond donors (Lipinski definition) is 1. The minimum Gasteiger partial charge on any atom is -0.366 e. The van der Waals surface area contributed by atoms with Crippen molar-refractivity contribution in [2.75, 3.05) is 31.1 Å². The first kappa shape index (κ1) is 26.4. The lowest BCUT2D eigenvalue weighted by atomic mass is 10.2. The van der Waals surface area contributed by atoms with Gasteiger partial charge in [0.2, 0.25) is 10.0 Å². The largest absolute Gasteiger partial charge is 0.366 e. The van der Waals surface area contributed by atoms with Crippen molar-refractivity contribution in [1.82, 2.24) is 28.6 Å². The molecule has 0 atom stereocenters. The van der Waals surface area contributed by atoms with E-state index in [1.165, 1.54) is 0 Å². The number of nitrogens with one attached hydrogen (secondary N) is 1. The Kier molecular flexibility index (Phi) is 6.69. The Morgan fingerprint density at radius 1 is 1.16 bits per heavy atom. The monoisotopic (exact) mass is 583 g/mol. The molecule has 6 rings (SSSR count). The summed E-state index contributed by atoms with van der Waals surface area (Å²) in [5, 5.41) is 7.57. The number of halogens is 2. The molecule has 0 bridgehead atoms. The van der Waals surface area contributed by atoms with Crippen molar-refractivity contribution in [3.63, 3.8) is 0 Å². The molecule has 2 saturated carbocycles. The fraction of sp³-hybridized carbons (Fsp3) is 0.625. The maximum absolute atomic E-state index is 13.4. The van der Waals surface area contributed by atoms with Crippen LogP contribution in [-0.2, 0) is 10.0 Å². The highest BCUT2D eigenvalue weighted by molar-refractivity contribution is 7.97. The van der Waals surface area contributed by atoms with Crippen LogP contribution in [0, 0.1) is 0 Å². The first-order valence-corrected chi connectivity index (χ1v) is 16.1. The number of pyridine rings is 1. The Morgan fingerprint density at radius 2 is 1.87 bits per heavy atom. The maximum atomic E-state index is 13.4. The van der Waals surface area contributed by atoms with Crippen LogP contribution in [0.4, 0.5) is 14.5 Å². The van der Waals surface area contributed by atoms with E-state index in [-0.39, 0.29) is 16.5 Å². The van der Waals surface area contributed by atoms with Crippen LogP contribution in [0.15, 0.2) is 17.2 Å². The van der Waals surface area contributed by atoms with Gasteiger partial charge in [-0.1, -0.05) is 11.3 Å². The molecular formula is C24H31F2N7O2S3. The van der Waals surface area contributed by atoms with Crippen LogP contribution in [0.5, 0.6) is 0 Å². The fourth-order valence-corrected chi connectivity index (χ4v) is 7.55. The highest BCUT2D eigenvalue weighted by Gasteiger charge is 2.38. The van der Waals surface area contributed by atoms with Gasteiger partial charge in [-0.2, -0.15) is 4.31 Å². The van der Waals surface area contributed by atoms with Crippen LogP contribution in [0.2, 0.25) is 0 Å². The summed E-state index contributed by atoms with van der Waals surface area (Å²) in [6, 6.07) is 2.10. The van der Waals surface area contributed by atoms with E-state index >= 15 is 0 Å². The van der Waals surface area contributed by atoms with Crippen molar-refractivity contribution >= 4 is 44.6 Å². The minimum atomic E-state index is -3.32. The van der Waals surface area contributed by atoms with Gasteiger partial charge in [-0.3, -0.25) is 9.12 Å².